The third-order valence-corrected chi connectivity index (χ3v) is 8.49. The van der Waals surface area contributed by atoms with E-state index in [9.17, 15) is 9.90 Å². The molecule has 2 aromatic carbocycles. The van der Waals surface area contributed by atoms with Crippen LogP contribution < -0.4 is 5.56 Å². The summed E-state index contributed by atoms with van der Waals surface area (Å²) >= 11 is 3.57. The number of hydrogen-bond donors (Lipinski definition) is 1. The average Bonchev–Trinajstić information content (AvgIpc) is 3.44. The van der Waals surface area contributed by atoms with E-state index in [1.807, 2.05) is 18.2 Å². The summed E-state index contributed by atoms with van der Waals surface area (Å²) in [4.78, 5) is 17.7. The fourth-order valence-corrected chi connectivity index (χ4v) is 6.62. The first-order chi connectivity index (χ1) is 15.7. The predicted octanol–water partition coefficient (Wildman–Crippen LogP) is 5.95. The van der Waals surface area contributed by atoms with E-state index in [-0.39, 0.29) is 5.56 Å². The maximum absolute atomic E-state index is 13.0. The number of imidazole rings is 1. The molecule has 0 amide bonds. The topological polar surface area (TPSA) is 59.5 Å². The number of aliphatic hydroxyl groups excluding tert-OH is 1. The van der Waals surface area contributed by atoms with E-state index in [4.69, 9.17) is 0 Å². The highest BCUT2D eigenvalue weighted by Gasteiger charge is 2.27. The quantitative estimate of drug-likeness (QED) is 0.383. The van der Waals surface area contributed by atoms with Gasteiger partial charge in [0.1, 0.15) is 0 Å². The molecule has 166 valence electrons. The Hall–Kier alpha value is -2.18. The van der Waals surface area contributed by atoms with Crippen LogP contribution in [0.3, 0.4) is 0 Å². The van der Waals surface area contributed by atoms with Crippen LogP contribution in [0.25, 0.3) is 27.7 Å². The molecule has 2 aliphatic rings. The Morgan fingerprint density at radius 2 is 1.75 bits per heavy atom. The second-order valence-corrected chi connectivity index (χ2v) is 10.5. The van der Waals surface area contributed by atoms with Crippen molar-refractivity contribution < 1.29 is 5.11 Å². The van der Waals surface area contributed by atoms with Gasteiger partial charge in [0.05, 0.1) is 21.9 Å². The number of nitrogens with zero attached hydrogens (tertiary/aromatic N) is 3. The molecule has 0 bridgehead atoms. The van der Waals surface area contributed by atoms with Crippen LogP contribution in [0.15, 0.2) is 45.7 Å². The molecule has 32 heavy (non-hydrogen) atoms. The third kappa shape index (κ3) is 3.14. The van der Waals surface area contributed by atoms with Crippen LogP contribution in [0.1, 0.15) is 68.9 Å². The lowest BCUT2D eigenvalue weighted by atomic mass is 9.79. The molecule has 2 aliphatic carbocycles. The SMILES string of the molecule is O=c1nc2n(C3CCCC3)c3cc(C4CCC(CO)CC4)ccc3n2c2cccc(Br)c12. The van der Waals surface area contributed by atoms with Gasteiger partial charge in [0, 0.05) is 17.1 Å². The van der Waals surface area contributed by atoms with Crippen LogP contribution in [-0.2, 0) is 0 Å². The first-order valence-electron chi connectivity index (χ1n) is 11.9. The molecule has 0 saturated heterocycles. The highest BCUT2D eigenvalue weighted by Crippen LogP contribution is 2.40. The Morgan fingerprint density at radius 1 is 0.969 bits per heavy atom. The molecule has 2 fully saturated rings. The summed E-state index contributed by atoms with van der Waals surface area (Å²) in [6.07, 6.45) is 9.18. The molecule has 6 heteroatoms. The van der Waals surface area contributed by atoms with Gasteiger partial charge in [-0.1, -0.05) is 25.0 Å². The van der Waals surface area contributed by atoms with Gasteiger partial charge in [-0.25, -0.2) is 0 Å². The average molecular weight is 494 g/mol. The number of benzene rings is 2. The van der Waals surface area contributed by atoms with Crippen LogP contribution in [-0.4, -0.2) is 25.7 Å². The molecule has 4 aromatic rings. The molecule has 5 nitrogen and oxygen atoms in total. The van der Waals surface area contributed by atoms with Crippen molar-refractivity contribution in [2.24, 2.45) is 5.92 Å². The van der Waals surface area contributed by atoms with Crippen LogP contribution in [0.2, 0.25) is 0 Å². The van der Waals surface area contributed by atoms with Gasteiger partial charge >= 0.3 is 0 Å². The van der Waals surface area contributed by atoms with Gasteiger partial charge in [0.2, 0.25) is 5.78 Å². The monoisotopic (exact) mass is 493 g/mol. The normalized spacial score (nSPS) is 22.4. The third-order valence-electron chi connectivity index (χ3n) is 7.83. The van der Waals surface area contributed by atoms with Crippen LogP contribution in [0.5, 0.6) is 0 Å². The highest BCUT2D eigenvalue weighted by atomic mass is 79.9. The summed E-state index contributed by atoms with van der Waals surface area (Å²) in [5, 5.41) is 10.2. The second kappa shape index (κ2) is 7.99. The fraction of sp³-hybridized carbons (Fsp3) is 0.462. The first-order valence-corrected chi connectivity index (χ1v) is 12.7. The molecule has 2 aromatic heterocycles. The summed E-state index contributed by atoms with van der Waals surface area (Å²) in [5.74, 6) is 1.76. The Morgan fingerprint density at radius 3 is 2.50 bits per heavy atom. The van der Waals surface area contributed by atoms with Gasteiger partial charge in [-0.05, 0) is 96.1 Å². The lowest BCUT2D eigenvalue weighted by Gasteiger charge is -2.27. The molecule has 0 atom stereocenters. The van der Waals surface area contributed by atoms with E-state index in [1.54, 1.807) is 0 Å². The lowest BCUT2D eigenvalue weighted by Crippen LogP contribution is -2.16. The van der Waals surface area contributed by atoms with Crippen LogP contribution in [0, 0.1) is 5.92 Å². The minimum atomic E-state index is -0.169. The largest absolute Gasteiger partial charge is 0.396 e. The minimum Gasteiger partial charge on any atom is -0.396 e. The Kier molecular flexibility index (Phi) is 5.10. The Labute approximate surface area is 195 Å². The van der Waals surface area contributed by atoms with Gasteiger partial charge in [-0.3, -0.25) is 9.20 Å². The van der Waals surface area contributed by atoms with Crippen molar-refractivity contribution in [3.63, 3.8) is 0 Å². The highest BCUT2D eigenvalue weighted by molar-refractivity contribution is 9.10. The predicted molar refractivity (Wildman–Crippen MR) is 131 cm³/mol. The summed E-state index contributed by atoms with van der Waals surface area (Å²) < 4.78 is 5.33. The van der Waals surface area contributed by atoms with Crippen molar-refractivity contribution in [1.29, 1.82) is 0 Å². The van der Waals surface area contributed by atoms with E-state index in [2.05, 4.69) is 48.1 Å². The summed E-state index contributed by atoms with van der Waals surface area (Å²) in [7, 11) is 0. The number of hydrogen-bond acceptors (Lipinski definition) is 3. The van der Waals surface area contributed by atoms with Crippen molar-refractivity contribution in [2.75, 3.05) is 6.61 Å². The standard InChI is InChI=1S/C26H28BrN3O2/c27-20-6-3-7-22-24(20)25(32)28-26-29(19-4-1-2-5-19)23-14-18(12-13-21(23)30(22)26)17-10-8-16(15-31)9-11-17/h3,6-7,12-14,16-17,19,31H,1-2,4-5,8-11,15H2. The minimum absolute atomic E-state index is 0.169. The molecule has 2 heterocycles. The van der Waals surface area contributed by atoms with E-state index >= 15 is 0 Å². The number of aliphatic hydroxyl groups is 1. The van der Waals surface area contributed by atoms with Crippen molar-refractivity contribution >= 4 is 43.6 Å². The Balaban J connectivity index is 1.61. The lowest BCUT2D eigenvalue weighted by molar-refractivity contribution is 0.182. The molecule has 2 saturated carbocycles. The number of aromatic nitrogens is 3. The van der Waals surface area contributed by atoms with Crippen molar-refractivity contribution in [1.82, 2.24) is 14.0 Å². The van der Waals surface area contributed by atoms with Gasteiger partial charge in [-0.15, -0.1) is 0 Å². The van der Waals surface area contributed by atoms with E-state index in [0.717, 1.165) is 59.8 Å². The molecule has 0 spiro atoms. The van der Waals surface area contributed by atoms with Crippen molar-refractivity contribution in [3.05, 3.63) is 56.8 Å². The zero-order valence-corrected chi connectivity index (χ0v) is 19.7. The number of rotatable bonds is 3. The van der Waals surface area contributed by atoms with Crippen LogP contribution >= 0.6 is 15.9 Å². The molecule has 1 N–H and O–H groups in total. The molecule has 6 rings (SSSR count). The fourth-order valence-electron chi connectivity index (χ4n) is 6.10. The van der Waals surface area contributed by atoms with Crippen molar-refractivity contribution in [3.8, 4) is 0 Å². The van der Waals surface area contributed by atoms with Gasteiger partial charge in [-0.2, -0.15) is 4.98 Å². The maximum atomic E-state index is 13.0. The summed E-state index contributed by atoms with van der Waals surface area (Å²) in [6, 6.07) is 13.2. The Bertz CT molecular complexity index is 1380. The van der Waals surface area contributed by atoms with Crippen LogP contribution in [0.4, 0.5) is 0 Å². The molecular weight excluding hydrogens is 466 g/mol. The zero-order valence-electron chi connectivity index (χ0n) is 18.1. The maximum Gasteiger partial charge on any atom is 0.283 e. The molecule has 0 unspecified atom stereocenters. The summed E-state index contributed by atoms with van der Waals surface area (Å²) in [5.41, 5.74) is 4.43. The second-order valence-electron chi connectivity index (χ2n) is 9.64. The molecular formula is C26H28BrN3O2. The zero-order chi connectivity index (χ0) is 21.8. The van der Waals surface area contributed by atoms with E-state index < -0.39 is 0 Å². The van der Waals surface area contributed by atoms with E-state index in [0.29, 0.717) is 29.9 Å². The number of halogens is 1. The summed E-state index contributed by atoms with van der Waals surface area (Å²) in [6.45, 7) is 0.310. The van der Waals surface area contributed by atoms with Gasteiger partial charge < -0.3 is 9.67 Å². The van der Waals surface area contributed by atoms with E-state index in [1.165, 1.54) is 23.9 Å². The smallest absolute Gasteiger partial charge is 0.283 e. The first kappa shape index (κ1) is 20.4. The van der Waals surface area contributed by atoms with Crippen molar-refractivity contribution in [2.45, 2.75) is 63.3 Å². The number of fused-ring (bicyclic) bond motifs is 5. The molecule has 0 radical (unpaired) electrons. The van der Waals surface area contributed by atoms with Gasteiger partial charge in [0.25, 0.3) is 5.56 Å². The van der Waals surface area contributed by atoms with Gasteiger partial charge in [0.15, 0.2) is 0 Å². The molecule has 0 aliphatic heterocycles.